The Morgan fingerprint density at radius 1 is 0.828 bits per heavy atom. The summed E-state index contributed by atoms with van der Waals surface area (Å²) >= 11 is 0. The third kappa shape index (κ3) is 5.30. The van der Waals surface area contributed by atoms with Crippen molar-refractivity contribution in [2.24, 2.45) is 5.73 Å². The van der Waals surface area contributed by atoms with Gasteiger partial charge in [0.15, 0.2) is 0 Å². The summed E-state index contributed by atoms with van der Waals surface area (Å²) in [5, 5.41) is 5.75. The number of nitrogens with two attached hydrogens (primary N) is 1. The number of para-hydroxylation sites is 1. The fourth-order valence-electron chi connectivity index (χ4n) is 3.10. The van der Waals surface area contributed by atoms with E-state index in [1.807, 2.05) is 62.4 Å². The lowest BCUT2D eigenvalue weighted by molar-refractivity contribution is -0.117. The van der Waals surface area contributed by atoms with Gasteiger partial charge in [-0.25, -0.2) is 0 Å². The topological polar surface area (TPSA) is 84.2 Å². The van der Waals surface area contributed by atoms with Gasteiger partial charge in [-0.1, -0.05) is 48.5 Å². The van der Waals surface area contributed by atoms with Gasteiger partial charge in [0.05, 0.1) is 6.04 Å². The van der Waals surface area contributed by atoms with E-state index in [9.17, 15) is 9.59 Å². The lowest BCUT2D eigenvalue weighted by Gasteiger charge is -2.13. The molecule has 0 unspecified atom stereocenters. The van der Waals surface area contributed by atoms with Gasteiger partial charge in [-0.3, -0.25) is 9.59 Å². The number of amides is 2. The summed E-state index contributed by atoms with van der Waals surface area (Å²) in [4.78, 5) is 24.9. The summed E-state index contributed by atoms with van der Waals surface area (Å²) in [6.45, 7) is 3.92. The van der Waals surface area contributed by atoms with Crippen LogP contribution >= 0.6 is 0 Å². The van der Waals surface area contributed by atoms with Crippen molar-refractivity contribution in [2.75, 3.05) is 10.6 Å². The Hall–Kier alpha value is -3.44. The maximum Gasteiger partial charge on any atom is 0.255 e. The second kappa shape index (κ2) is 9.17. The molecule has 5 nitrogen and oxygen atoms in total. The Morgan fingerprint density at radius 3 is 2.07 bits per heavy atom. The van der Waals surface area contributed by atoms with E-state index in [4.69, 9.17) is 5.73 Å². The van der Waals surface area contributed by atoms with Gasteiger partial charge >= 0.3 is 0 Å². The molecule has 0 aliphatic heterocycles. The van der Waals surface area contributed by atoms with Crippen LogP contribution < -0.4 is 16.4 Å². The maximum atomic E-state index is 12.5. The molecule has 3 aromatic carbocycles. The SMILES string of the molecule is Cc1cccc(C)c1NC(=O)c1ccc(NC(=O)[C@@H](N)Cc2ccccc2)cc1. The minimum Gasteiger partial charge on any atom is -0.325 e. The van der Waals surface area contributed by atoms with Crippen molar-refractivity contribution in [3.63, 3.8) is 0 Å². The Morgan fingerprint density at radius 2 is 1.45 bits per heavy atom. The normalized spacial score (nSPS) is 11.6. The Balaban J connectivity index is 1.61. The summed E-state index contributed by atoms with van der Waals surface area (Å²) < 4.78 is 0. The number of hydrogen-bond donors (Lipinski definition) is 3. The summed E-state index contributed by atoms with van der Waals surface area (Å²) in [7, 11) is 0. The molecule has 29 heavy (non-hydrogen) atoms. The van der Waals surface area contributed by atoms with Crippen LogP contribution in [0.15, 0.2) is 72.8 Å². The number of rotatable bonds is 6. The van der Waals surface area contributed by atoms with E-state index in [2.05, 4.69) is 10.6 Å². The molecule has 0 aliphatic carbocycles. The van der Waals surface area contributed by atoms with Crippen LogP contribution in [0.1, 0.15) is 27.0 Å². The van der Waals surface area contributed by atoms with Gasteiger partial charge in [0.2, 0.25) is 5.91 Å². The number of hydrogen-bond acceptors (Lipinski definition) is 3. The Bertz CT molecular complexity index is 978. The molecule has 0 bridgehead atoms. The number of aryl methyl sites for hydroxylation is 2. The molecular weight excluding hydrogens is 362 g/mol. The van der Waals surface area contributed by atoms with Crippen molar-refractivity contribution in [1.82, 2.24) is 0 Å². The van der Waals surface area contributed by atoms with Crippen LogP contribution in [0.5, 0.6) is 0 Å². The first-order chi connectivity index (χ1) is 13.9. The Labute approximate surface area is 170 Å². The molecule has 0 radical (unpaired) electrons. The van der Waals surface area contributed by atoms with Gasteiger partial charge < -0.3 is 16.4 Å². The molecular formula is C24H25N3O2. The average Bonchev–Trinajstić information content (AvgIpc) is 2.72. The van der Waals surface area contributed by atoms with Crippen molar-refractivity contribution in [3.05, 3.63) is 95.1 Å². The first-order valence-corrected chi connectivity index (χ1v) is 9.52. The van der Waals surface area contributed by atoms with E-state index in [1.54, 1.807) is 24.3 Å². The van der Waals surface area contributed by atoms with E-state index < -0.39 is 6.04 Å². The van der Waals surface area contributed by atoms with Crippen molar-refractivity contribution >= 4 is 23.2 Å². The first kappa shape index (κ1) is 20.3. The number of carbonyl (C=O) groups is 2. The van der Waals surface area contributed by atoms with Crippen LogP contribution in [0, 0.1) is 13.8 Å². The van der Waals surface area contributed by atoms with Crippen LogP contribution in [-0.4, -0.2) is 17.9 Å². The number of benzene rings is 3. The van der Waals surface area contributed by atoms with E-state index >= 15 is 0 Å². The molecule has 0 fully saturated rings. The molecule has 0 aliphatic rings. The van der Waals surface area contributed by atoms with E-state index in [0.29, 0.717) is 17.7 Å². The van der Waals surface area contributed by atoms with Crippen LogP contribution in [0.4, 0.5) is 11.4 Å². The highest BCUT2D eigenvalue weighted by molar-refractivity contribution is 6.05. The highest BCUT2D eigenvalue weighted by Crippen LogP contribution is 2.20. The molecule has 0 heterocycles. The zero-order valence-corrected chi connectivity index (χ0v) is 16.6. The Kier molecular flexibility index (Phi) is 6.42. The number of carbonyl (C=O) groups excluding carboxylic acids is 2. The lowest BCUT2D eigenvalue weighted by Crippen LogP contribution is -2.37. The van der Waals surface area contributed by atoms with Gasteiger partial charge in [0.25, 0.3) is 5.91 Å². The van der Waals surface area contributed by atoms with Crippen LogP contribution in [0.25, 0.3) is 0 Å². The zero-order chi connectivity index (χ0) is 20.8. The molecule has 1 atom stereocenters. The third-order valence-corrected chi connectivity index (χ3v) is 4.77. The molecule has 0 saturated heterocycles. The van der Waals surface area contributed by atoms with Crippen LogP contribution in [0.3, 0.4) is 0 Å². The number of nitrogens with one attached hydrogen (secondary N) is 2. The zero-order valence-electron chi connectivity index (χ0n) is 16.6. The minimum atomic E-state index is -0.649. The average molecular weight is 387 g/mol. The van der Waals surface area contributed by atoms with Crippen molar-refractivity contribution in [3.8, 4) is 0 Å². The summed E-state index contributed by atoms with van der Waals surface area (Å²) in [6, 6.07) is 21.6. The molecule has 0 aromatic heterocycles. The highest BCUT2D eigenvalue weighted by atomic mass is 16.2. The highest BCUT2D eigenvalue weighted by Gasteiger charge is 2.15. The minimum absolute atomic E-state index is 0.193. The monoisotopic (exact) mass is 387 g/mol. The van der Waals surface area contributed by atoms with E-state index in [1.165, 1.54) is 0 Å². The summed E-state index contributed by atoms with van der Waals surface area (Å²) in [6.07, 6.45) is 0.461. The molecule has 0 saturated carbocycles. The van der Waals surface area contributed by atoms with E-state index in [0.717, 1.165) is 22.4 Å². The summed E-state index contributed by atoms with van der Waals surface area (Å²) in [5.74, 6) is -0.456. The van der Waals surface area contributed by atoms with Gasteiger partial charge in [-0.05, 0) is 61.2 Å². The molecule has 0 spiro atoms. The van der Waals surface area contributed by atoms with Gasteiger partial charge in [0.1, 0.15) is 0 Å². The first-order valence-electron chi connectivity index (χ1n) is 9.52. The molecule has 3 rings (SSSR count). The smallest absolute Gasteiger partial charge is 0.255 e. The van der Waals surface area contributed by atoms with Crippen molar-refractivity contribution < 1.29 is 9.59 Å². The van der Waals surface area contributed by atoms with E-state index in [-0.39, 0.29) is 11.8 Å². The van der Waals surface area contributed by atoms with Crippen LogP contribution in [-0.2, 0) is 11.2 Å². The van der Waals surface area contributed by atoms with Crippen molar-refractivity contribution in [1.29, 1.82) is 0 Å². The third-order valence-electron chi connectivity index (χ3n) is 4.77. The van der Waals surface area contributed by atoms with Crippen LogP contribution in [0.2, 0.25) is 0 Å². The second-order valence-corrected chi connectivity index (χ2v) is 7.08. The predicted octanol–water partition coefficient (Wildman–Crippen LogP) is 4.06. The predicted molar refractivity (Wildman–Crippen MR) is 117 cm³/mol. The largest absolute Gasteiger partial charge is 0.325 e. The fraction of sp³-hybridized carbons (Fsp3) is 0.167. The molecule has 3 aromatic rings. The summed E-state index contributed by atoms with van der Waals surface area (Å²) in [5.41, 5.74) is 11.0. The maximum absolute atomic E-state index is 12.5. The molecule has 4 N–H and O–H groups in total. The van der Waals surface area contributed by atoms with Gasteiger partial charge in [0, 0.05) is 16.9 Å². The molecule has 148 valence electrons. The molecule has 2 amide bonds. The number of anilines is 2. The fourth-order valence-corrected chi connectivity index (χ4v) is 3.10. The van der Waals surface area contributed by atoms with Gasteiger partial charge in [-0.2, -0.15) is 0 Å². The quantitative estimate of drug-likeness (QED) is 0.596. The van der Waals surface area contributed by atoms with Crippen molar-refractivity contribution in [2.45, 2.75) is 26.3 Å². The lowest BCUT2D eigenvalue weighted by atomic mass is 10.1. The standard InChI is InChI=1S/C24H25N3O2/c1-16-7-6-8-17(2)22(16)27-23(28)19-11-13-20(14-12-19)26-24(29)21(25)15-18-9-4-3-5-10-18/h3-14,21H,15,25H2,1-2H3,(H,26,29)(H,27,28)/t21-/m0/s1. The van der Waals surface area contributed by atoms with Gasteiger partial charge in [-0.15, -0.1) is 0 Å². The molecule has 5 heteroatoms. The second-order valence-electron chi connectivity index (χ2n) is 7.08.